The van der Waals surface area contributed by atoms with Crippen molar-refractivity contribution >= 4 is 17.7 Å². The Bertz CT molecular complexity index is 357. The molecule has 18 heavy (non-hydrogen) atoms. The maximum atomic E-state index is 12.6. The number of aliphatic hydroxyl groups excluding tert-OH is 1. The molecule has 0 bridgehead atoms. The highest BCUT2D eigenvalue weighted by Crippen LogP contribution is 2.03. The van der Waals surface area contributed by atoms with E-state index in [0.29, 0.717) is 25.1 Å². The summed E-state index contributed by atoms with van der Waals surface area (Å²) < 4.78 is 12.6. The minimum absolute atomic E-state index is 0.0000477. The van der Waals surface area contributed by atoms with Crippen LogP contribution in [-0.2, 0) is 11.2 Å². The van der Waals surface area contributed by atoms with Gasteiger partial charge in [-0.1, -0.05) is 12.1 Å². The smallest absolute Gasteiger partial charge is 0.230 e. The summed E-state index contributed by atoms with van der Waals surface area (Å²) in [6.07, 6.45) is 1.42. The van der Waals surface area contributed by atoms with Gasteiger partial charge in [0, 0.05) is 13.2 Å². The van der Waals surface area contributed by atoms with Gasteiger partial charge < -0.3 is 10.4 Å². The number of carbonyl (C=O) groups is 1. The van der Waals surface area contributed by atoms with Gasteiger partial charge in [-0.05, 0) is 36.3 Å². The molecule has 0 atom stereocenters. The summed E-state index contributed by atoms with van der Waals surface area (Å²) in [6.45, 7) is 0.726. The molecule has 0 radical (unpaired) electrons. The Labute approximate surface area is 111 Å². The Morgan fingerprint density at radius 3 is 2.72 bits per heavy atom. The zero-order valence-corrected chi connectivity index (χ0v) is 11.0. The monoisotopic (exact) mass is 271 g/mol. The molecule has 0 aliphatic heterocycles. The highest BCUT2D eigenvalue weighted by Gasteiger charge is 2.01. The van der Waals surface area contributed by atoms with Crippen LogP contribution in [0.15, 0.2) is 24.3 Å². The number of benzene rings is 1. The molecular weight excluding hydrogens is 253 g/mol. The van der Waals surface area contributed by atoms with Crippen molar-refractivity contribution in [3.63, 3.8) is 0 Å². The fraction of sp³-hybridized carbons (Fsp3) is 0.462. The quantitative estimate of drug-likeness (QED) is 0.706. The molecule has 0 heterocycles. The summed E-state index contributed by atoms with van der Waals surface area (Å²) in [7, 11) is 0. The first-order valence-corrected chi connectivity index (χ1v) is 7.07. The highest BCUT2D eigenvalue weighted by molar-refractivity contribution is 7.99. The number of amides is 1. The molecule has 2 N–H and O–H groups in total. The van der Waals surface area contributed by atoms with Crippen LogP contribution in [-0.4, -0.2) is 35.7 Å². The van der Waals surface area contributed by atoms with Gasteiger partial charge in [0.2, 0.25) is 5.91 Å². The molecule has 0 fully saturated rings. The zero-order chi connectivity index (χ0) is 13.2. The predicted molar refractivity (Wildman–Crippen MR) is 72.1 cm³/mol. The molecule has 0 aromatic heterocycles. The van der Waals surface area contributed by atoms with Crippen molar-refractivity contribution in [1.29, 1.82) is 0 Å². The molecule has 100 valence electrons. The van der Waals surface area contributed by atoms with Gasteiger partial charge in [0.25, 0.3) is 0 Å². The van der Waals surface area contributed by atoms with E-state index in [1.54, 1.807) is 12.1 Å². The lowest BCUT2D eigenvalue weighted by atomic mass is 10.1. The van der Waals surface area contributed by atoms with Crippen LogP contribution in [0.25, 0.3) is 0 Å². The highest BCUT2D eigenvalue weighted by atomic mass is 32.2. The minimum Gasteiger partial charge on any atom is -0.396 e. The number of nitrogens with one attached hydrogen (secondary N) is 1. The maximum absolute atomic E-state index is 12.6. The third kappa shape index (κ3) is 6.61. The molecule has 1 rings (SSSR count). The Hall–Kier alpha value is -1.07. The van der Waals surface area contributed by atoms with Crippen molar-refractivity contribution in [3.8, 4) is 0 Å². The third-order valence-corrected chi connectivity index (χ3v) is 3.37. The van der Waals surface area contributed by atoms with E-state index in [2.05, 4.69) is 5.32 Å². The summed E-state index contributed by atoms with van der Waals surface area (Å²) in [5.41, 5.74) is 1.00. The topological polar surface area (TPSA) is 49.3 Å². The number of rotatable bonds is 8. The van der Waals surface area contributed by atoms with Crippen molar-refractivity contribution < 1.29 is 14.3 Å². The number of halogens is 1. The van der Waals surface area contributed by atoms with E-state index in [4.69, 9.17) is 5.11 Å². The van der Waals surface area contributed by atoms with Gasteiger partial charge in [-0.2, -0.15) is 11.8 Å². The second kappa shape index (κ2) is 8.94. The van der Waals surface area contributed by atoms with Gasteiger partial charge in [-0.25, -0.2) is 4.39 Å². The average molecular weight is 271 g/mol. The Morgan fingerprint density at radius 2 is 2.06 bits per heavy atom. The van der Waals surface area contributed by atoms with E-state index in [-0.39, 0.29) is 18.3 Å². The Morgan fingerprint density at radius 1 is 1.33 bits per heavy atom. The number of thioether (sulfide) groups is 1. The average Bonchev–Trinajstić information content (AvgIpc) is 2.37. The number of hydrogen-bond acceptors (Lipinski definition) is 3. The van der Waals surface area contributed by atoms with Crippen LogP contribution in [0.5, 0.6) is 0 Å². The van der Waals surface area contributed by atoms with Crippen LogP contribution in [0.2, 0.25) is 0 Å². The first-order valence-electron chi connectivity index (χ1n) is 5.92. The standard InChI is InChI=1S/C13H18FNO2S/c14-12-4-2-11(3-5-12)6-7-15-13(17)10-18-9-1-8-16/h2-5,16H,1,6-10H2,(H,15,17). The summed E-state index contributed by atoms with van der Waals surface area (Å²) >= 11 is 1.51. The van der Waals surface area contributed by atoms with Crippen LogP contribution in [0, 0.1) is 5.82 Å². The molecule has 1 aromatic carbocycles. The van der Waals surface area contributed by atoms with Gasteiger partial charge in [-0.15, -0.1) is 0 Å². The van der Waals surface area contributed by atoms with E-state index in [9.17, 15) is 9.18 Å². The molecule has 0 spiro atoms. The molecule has 0 aliphatic carbocycles. The predicted octanol–water partition coefficient (Wildman–Crippen LogP) is 1.60. The van der Waals surface area contributed by atoms with Gasteiger partial charge >= 0.3 is 0 Å². The summed E-state index contributed by atoms with van der Waals surface area (Å²) in [4.78, 5) is 11.4. The van der Waals surface area contributed by atoms with Crippen LogP contribution >= 0.6 is 11.8 Å². The zero-order valence-electron chi connectivity index (χ0n) is 10.2. The molecule has 0 saturated carbocycles. The Balaban J connectivity index is 2.10. The summed E-state index contributed by atoms with van der Waals surface area (Å²) in [6, 6.07) is 6.28. The van der Waals surface area contributed by atoms with Crippen molar-refractivity contribution in [2.45, 2.75) is 12.8 Å². The van der Waals surface area contributed by atoms with Crippen molar-refractivity contribution in [1.82, 2.24) is 5.32 Å². The largest absolute Gasteiger partial charge is 0.396 e. The maximum Gasteiger partial charge on any atom is 0.230 e. The second-order valence-corrected chi connectivity index (χ2v) is 4.96. The van der Waals surface area contributed by atoms with Gasteiger partial charge in [0.1, 0.15) is 5.82 Å². The fourth-order valence-electron chi connectivity index (χ4n) is 1.38. The summed E-state index contributed by atoms with van der Waals surface area (Å²) in [5.74, 6) is 0.966. The van der Waals surface area contributed by atoms with Crippen LogP contribution in [0.3, 0.4) is 0 Å². The molecule has 1 amide bonds. The van der Waals surface area contributed by atoms with Crippen molar-refractivity contribution in [2.24, 2.45) is 0 Å². The normalized spacial score (nSPS) is 10.3. The number of hydrogen-bond donors (Lipinski definition) is 2. The van der Waals surface area contributed by atoms with Crippen LogP contribution in [0.4, 0.5) is 4.39 Å². The lowest BCUT2D eigenvalue weighted by molar-refractivity contribution is -0.118. The van der Waals surface area contributed by atoms with E-state index in [1.807, 2.05) is 0 Å². The van der Waals surface area contributed by atoms with E-state index >= 15 is 0 Å². The fourth-order valence-corrected chi connectivity index (χ4v) is 2.14. The minimum atomic E-state index is -0.247. The lowest BCUT2D eigenvalue weighted by Crippen LogP contribution is -2.27. The molecule has 3 nitrogen and oxygen atoms in total. The molecule has 5 heteroatoms. The lowest BCUT2D eigenvalue weighted by Gasteiger charge is -2.05. The first kappa shape index (κ1) is 15.0. The van der Waals surface area contributed by atoms with E-state index in [0.717, 1.165) is 11.3 Å². The molecule has 0 unspecified atom stereocenters. The SMILES string of the molecule is O=C(CSCCCO)NCCc1ccc(F)cc1. The van der Waals surface area contributed by atoms with Gasteiger partial charge in [0.05, 0.1) is 5.75 Å². The molecule has 0 aliphatic rings. The first-order chi connectivity index (χ1) is 8.72. The molecule has 1 aromatic rings. The van der Waals surface area contributed by atoms with Gasteiger partial charge in [-0.3, -0.25) is 4.79 Å². The Kier molecular flexibility index (Phi) is 7.44. The molecular formula is C13H18FNO2S. The van der Waals surface area contributed by atoms with Gasteiger partial charge in [0.15, 0.2) is 0 Å². The van der Waals surface area contributed by atoms with Crippen LogP contribution < -0.4 is 5.32 Å². The summed E-state index contributed by atoms with van der Waals surface area (Å²) in [5, 5.41) is 11.4. The van der Waals surface area contributed by atoms with E-state index in [1.165, 1.54) is 23.9 Å². The van der Waals surface area contributed by atoms with E-state index < -0.39 is 0 Å². The number of carbonyl (C=O) groups excluding carboxylic acids is 1. The third-order valence-electron chi connectivity index (χ3n) is 2.33. The van der Waals surface area contributed by atoms with Crippen molar-refractivity contribution in [2.75, 3.05) is 24.7 Å². The second-order valence-electron chi connectivity index (χ2n) is 3.86. The number of aliphatic hydroxyl groups is 1. The van der Waals surface area contributed by atoms with Crippen LogP contribution in [0.1, 0.15) is 12.0 Å². The van der Waals surface area contributed by atoms with Crippen molar-refractivity contribution in [3.05, 3.63) is 35.6 Å². The molecule has 0 saturated heterocycles.